The van der Waals surface area contributed by atoms with Crippen LogP contribution in [0.1, 0.15) is 13.3 Å². The van der Waals surface area contributed by atoms with E-state index in [4.69, 9.17) is 11.6 Å². The Balaban J connectivity index is 4.68. The fraction of sp³-hybridized carbons (Fsp3) is 0.750. The average Bonchev–Trinajstić information content (AvgIpc) is 1.83. The second-order valence-corrected chi connectivity index (χ2v) is 4.02. The summed E-state index contributed by atoms with van der Waals surface area (Å²) in [6.07, 6.45) is 0.346. The summed E-state index contributed by atoms with van der Waals surface area (Å²) in [6, 6.07) is -0.725. The van der Waals surface area contributed by atoms with Gasteiger partial charge in [0.15, 0.2) is 5.78 Å². The molecule has 0 amide bonds. The van der Waals surface area contributed by atoms with Crippen LogP contribution < -0.4 is 0 Å². The zero-order chi connectivity index (χ0) is 9.94. The summed E-state index contributed by atoms with van der Waals surface area (Å²) in [5.41, 5.74) is 0. The Morgan fingerprint density at radius 3 is 1.83 bits per heavy atom. The third-order valence-electron chi connectivity index (χ3n) is 1.64. The molecule has 0 saturated heterocycles. The van der Waals surface area contributed by atoms with E-state index >= 15 is 0 Å². The molecule has 12 heavy (non-hydrogen) atoms. The van der Waals surface area contributed by atoms with Crippen LogP contribution in [-0.2, 0) is 9.59 Å². The molecule has 0 aromatic heterocycles. The molecule has 1 atom stereocenters. The smallest absolute Gasteiger partial charge is 0.287 e. The average molecular weight is 193 g/mol. The maximum Gasteiger partial charge on any atom is 0.287 e. The van der Waals surface area contributed by atoms with Crippen LogP contribution in [0.3, 0.4) is 0 Å². The molecule has 0 rings (SSSR count). The van der Waals surface area contributed by atoms with Crippen molar-refractivity contribution in [2.75, 3.05) is 21.1 Å². The van der Waals surface area contributed by atoms with Gasteiger partial charge in [0.25, 0.3) is 5.24 Å². The van der Waals surface area contributed by atoms with Crippen molar-refractivity contribution in [3.63, 3.8) is 0 Å². The predicted molar refractivity (Wildman–Crippen MR) is 48.0 cm³/mol. The van der Waals surface area contributed by atoms with E-state index in [0.717, 1.165) is 0 Å². The molecule has 1 unspecified atom stereocenters. The first kappa shape index (κ1) is 11.6. The minimum Gasteiger partial charge on any atom is -0.315 e. The molecule has 0 fully saturated rings. The molecule has 70 valence electrons. The van der Waals surface area contributed by atoms with E-state index < -0.39 is 11.3 Å². The van der Waals surface area contributed by atoms with Gasteiger partial charge < -0.3 is 4.48 Å². The standard InChI is InChI=1S/C8H15ClNO2/c1-5-6(11)7(8(9)12)10(2,3)4/h7H,5H2,1-4H3/q+1. The minimum atomic E-state index is -0.725. The number of hydrogen-bond donors (Lipinski definition) is 0. The number of carbonyl (C=O) groups is 2. The van der Waals surface area contributed by atoms with Gasteiger partial charge in [0.05, 0.1) is 21.1 Å². The topological polar surface area (TPSA) is 34.1 Å². The molecular formula is C8H15ClNO2+. The van der Waals surface area contributed by atoms with Crippen molar-refractivity contribution in [1.82, 2.24) is 0 Å². The van der Waals surface area contributed by atoms with Gasteiger partial charge in [-0.25, -0.2) is 0 Å². The van der Waals surface area contributed by atoms with Crippen LogP contribution in [-0.4, -0.2) is 42.7 Å². The zero-order valence-corrected chi connectivity index (χ0v) is 8.68. The molecule has 0 N–H and O–H groups in total. The first-order valence-electron chi connectivity index (χ1n) is 3.84. The number of quaternary nitrogens is 1. The first-order chi connectivity index (χ1) is 5.30. The van der Waals surface area contributed by atoms with E-state index in [-0.39, 0.29) is 10.3 Å². The minimum absolute atomic E-state index is 0.109. The highest BCUT2D eigenvalue weighted by Crippen LogP contribution is 2.09. The van der Waals surface area contributed by atoms with E-state index in [1.807, 2.05) is 0 Å². The van der Waals surface area contributed by atoms with Crippen molar-refractivity contribution < 1.29 is 14.1 Å². The number of carbonyl (C=O) groups excluding carboxylic acids is 2. The van der Waals surface area contributed by atoms with Gasteiger partial charge in [0, 0.05) is 6.42 Å². The third kappa shape index (κ3) is 2.91. The first-order valence-corrected chi connectivity index (χ1v) is 4.21. The summed E-state index contributed by atoms with van der Waals surface area (Å²) in [5, 5.41) is -0.575. The quantitative estimate of drug-likeness (QED) is 0.375. The molecule has 0 aliphatic carbocycles. The summed E-state index contributed by atoms with van der Waals surface area (Å²) in [4.78, 5) is 22.2. The van der Waals surface area contributed by atoms with Crippen molar-refractivity contribution in [2.45, 2.75) is 19.4 Å². The Labute approximate surface area is 77.9 Å². The van der Waals surface area contributed by atoms with E-state index in [9.17, 15) is 9.59 Å². The second-order valence-electron chi connectivity index (χ2n) is 3.64. The highest BCUT2D eigenvalue weighted by molar-refractivity contribution is 6.66. The van der Waals surface area contributed by atoms with Gasteiger partial charge in [0.2, 0.25) is 6.04 Å². The normalized spacial score (nSPS) is 14.1. The highest BCUT2D eigenvalue weighted by Gasteiger charge is 2.35. The number of ketones is 1. The number of hydrogen-bond acceptors (Lipinski definition) is 2. The monoisotopic (exact) mass is 192 g/mol. The van der Waals surface area contributed by atoms with E-state index in [2.05, 4.69) is 0 Å². The maximum atomic E-state index is 11.3. The molecule has 0 aliphatic heterocycles. The molecule has 0 spiro atoms. The summed E-state index contributed by atoms with van der Waals surface area (Å²) in [6.45, 7) is 1.73. The number of likely N-dealkylation sites (N-methyl/N-ethyl adjacent to an activating group) is 1. The Morgan fingerprint density at radius 1 is 1.33 bits per heavy atom. The lowest BCUT2D eigenvalue weighted by atomic mass is 10.1. The van der Waals surface area contributed by atoms with E-state index in [1.54, 1.807) is 28.1 Å². The molecule has 0 aliphatic rings. The van der Waals surface area contributed by atoms with Crippen LogP contribution in [0.25, 0.3) is 0 Å². The van der Waals surface area contributed by atoms with Crippen molar-refractivity contribution >= 4 is 22.6 Å². The molecule has 0 radical (unpaired) electrons. The van der Waals surface area contributed by atoms with Gasteiger partial charge in [-0.3, -0.25) is 9.59 Å². The van der Waals surface area contributed by atoms with Gasteiger partial charge in [-0.1, -0.05) is 6.92 Å². The highest BCUT2D eigenvalue weighted by atomic mass is 35.5. The molecule has 4 heteroatoms. The fourth-order valence-corrected chi connectivity index (χ4v) is 1.47. The van der Waals surface area contributed by atoms with Gasteiger partial charge in [-0.2, -0.15) is 0 Å². The molecular weight excluding hydrogens is 178 g/mol. The predicted octanol–water partition coefficient (Wildman–Crippen LogP) is 0.806. The van der Waals surface area contributed by atoms with Crippen molar-refractivity contribution in [3.05, 3.63) is 0 Å². The van der Waals surface area contributed by atoms with Gasteiger partial charge >= 0.3 is 0 Å². The molecule has 0 saturated carbocycles. The summed E-state index contributed by atoms with van der Waals surface area (Å²) >= 11 is 5.33. The Bertz CT molecular complexity index is 196. The Morgan fingerprint density at radius 2 is 1.75 bits per heavy atom. The lowest BCUT2D eigenvalue weighted by Crippen LogP contribution is -2.52. The zero-order valence-electron chi connectivity index (χ0n) is 7.93. The van der Waals surface area contributed by atoms with Crippen LogP contribution in [0.4, 0.5) is 0 Å². The third-order valence-corrected chi connectivity index (χ3v) is 1.85. The van der Waals surface area contributed by atoms with Gasteiger partial charge in [-0.05, 0) is 11.6 Å². The Kier molecular flexibility index (Phi) is 3.87. The molecule has 0 bridgehead atoms. The van der Waals surface area contributed by atoms with Crippen LogP contribution in [0.15, 0.2) is 0 Å². The molecule has 3 nitrogen and oxygen atoms in total. The number of Topliss-reactive ketones (excluding diaryl/α,β-unsaturated/α-hetero) is 1. The number of rotatable bonds is 4. The largest absolute Gasteiger partial charge is 0.315 e. The van der Waals surface area contributed by atoms with Crippen molar-refractivity contribution in [2.24, 2.45) is 0 Å². The summed E-state index contributed by atoms with van der Waals surface area (Å²) in [7, 11) is 5.33. The molecule has 0 aromatic rings. The number of halogens is 1. The van der Waals surface area contributed by atoms with E-state index in [0.29, 0.717) is 6.42 Å². The van der Waals surface area contributed by atoms with Crippen LogP contribution >= 0.6 is 11.6 Å². The maximum absolute atomic E-state index is 11.3. The van der Waals surface area contributed by atoms with Crippen LogP contribution in [0.5, 0.6) is 0 Å². The molecule has 0 heterocycles. The SMILES string of the molecule is CCC(=O)C(C(=O)Cl)[N+](C)(C)C. The van der Waals surface area contributed by atoms with Crippen molar-refractivity contribution in [3.8, 4) is 0 Å². The van der Waals surface area contributed by atoms with E-state index in [1.165, 1.54) is 0 Å². The second kappa shape index (κ2) is 4.01. The summed E-state index contributed by atoms with van der Waals surface area (Å²) < 4.78 is 0.259. The van der Waals surface area contributed by atoms with Gasteiger partial charge in [0.1, 0.15) is 0 Å². The molecule has 0 aromatic carbocycles. The van der Waals surface area contributed by atoms with Gasteiger partial charge in [-0.15, -0.1) is 0 Å². The summed E-state index contributed by atoms with van der Waals surface area (Å²) in [5.74, 6) is -0.109. The lowest BCUT2D eigenvalue weighted by molar-refractivity contribution is -0.876. The fourth-order valence-electron chi connectivity index (χ4n) is 1.06. The van der Waals surface area contributed by atoms with Crippen LogP contribution in [0, 0.1) is 0 Å². The van der Waals surface area contributed by atoms with Crippen LogP contribution in [0.2, 0.25) is 0 Å². The lowest BCUT2D eigenvalue weighted by Gasteiger charge is -2.29. The van der Waals surface area contributed by atoms with Crippen molar-refractivity contribution in [1.29, 1.82) is 0 Å². The Hall–Kier alpha value is -0.410. The number of nitrogens with zero attached hydrogens (tertiary/aromatic N) is 1.